The van der Waals surface area contributed by atoms with E-state index in [1.807, 2.05) is 40.6 Å². The number of carbonyl (C=O) groups is 1. The quantitative estimate of drug-likeness (QED) is 0.474. The summed E-state index contributed by atoms with van der Waals surface area (Å²) in [7, 11) is 0. The molecule has 9 heteroatoms. The molecule has 31 heavy (non-hydrogen) atoms. The molecule has 1 saturated heterocycles. The highest BCUT2D eigenvalue weighted by molar-refractivity contribution is 7.13. The molecule has 1 fully saturated rings. The molecule has 1 amide bonds. The first-order chi connectivity index (χ1) is 15.3. The average Bonchev–Trinajstić information content (AvgIpc) is 3.50. The molecule has 1 aromatic carbocycles. The second kappa shape index (κ2) is 8.73. The summed E-state index contributed by atoms with van der Waals surface area (Å²) >= 11 is 1.50. The number of amides is 1. The third-order valence-corrected chi connectivity index (χ3v) is 6.17. The van der Waals surface area contributed by atoms with Crippen LogP contribution in [0.1, 0.15) is 29.2 Å². The predicted molar refractivity (Wildman–Crippen MR) is 115 cm³/mol. The van der Waals surface area contributed by atoms with Gasteiger partial charge < -0.3 is 9.42 Å². The van der Waals surface area contributed by atoms with Gasteiger partial charge in [-0.3, -0.25) is 9.78 Å². The zero-order chi connectivity index (χ0) is 21.0. The van der Waals surface area contributed by atoms with E-state index >= 15 is 0 Å². The van der Waals surface area contributed by atoms with Crippen molar-refractivity contribution in [2.75, 3.05) is 13.1 Å². The summed E-state index contributed by atoms with van der Waals surface area (Å²) in [6.45, 7) is 1.39. The Morgan fingerprint density at radius 2 is 2.10 bits per heavy atom. The first kappa shape index (κ1) is 19.5. The van der Waals surface area contributed by atoms with E-state index in [4.69, 9.17) is 4.52 Å². The summed E-state index contributed by atoms with van der Waals surface area (Å²) in [4.78, 5) is 32.2. The van der Waals surface area contributed by atoms with Crippen LogP contribution < -0.4 is 0 Å². The van der Waals surface area contributed by atoms with Crippen molar-refractivity contribution in [1.29, 1.82) is 0 Å². The van der Waals surface area contributed by atoms with Crippen LogP contribution in [0.2, 0.25) is 0 Å². The SMILES string of the molecule is O=C(c1csc(-c2ccccc2)n1)N1CCC[C@H](Cc2nc(-c3cnccn3)no2)C1. The van der Waals surface area contributed by atoms with Gasteiger partial charge in [0, 0.05) is 42.8 Å². The maximum absolute atomic E-state index is 13.0. The molecule has 0 aliphatic carbocycles. The number of aromatic nitrogens is 5. The normalized spacial score (nSPS) is 16.4. The molecule has 0 unspecified atom stereocenters. The lowest BCUT2D eigenvalue weighted by molar-refractivity contribution is 0.0663. The highest BCUT2D eigenvalue weighted by atomic mass is 32.1. The van der Waals surface area contributed by atoms with Crippen LogP contribution >= 0.6 is 11.3 Å². The summed E-state index contributed by atoms with van der Waals surface area (Å²) in [6.07, 6.45) is 7.38. The number of thiazole rings is 1. The molecule has 4 aromatic rings. The fourth-order valence-corrected chi connectivity index (χ4v) is 4.57. The standard InChI is InChI=1S/C22H20N6O2S/c29-22(18-14-31-21(25-18)16-6-2-1-3-7-16)28-10-4-5-15(13-28)11-19-26-20(27-30-19)17-12-23-8-9-24-17/h1-3,6-9,12,14-15H,4-5,10-11,13H2/t15-/m1/s1. The van der Waals surface area contributed by atoms with Crippen LogP contribution in [-0.4, -0.2) is 49.0 Å². The number of carbonyl (C=O) groups excluding carboxylic acids is 1. The molecular weight excluding hydrogens is 412 g/mol. The van der Waals surface area contributed by atoms with Crippen molar-refractivity contribution < 1.29 is 9.32 Å². The van der Waals surface area contributed by atoms with Crippen molar-refractivity contribution >= 4 is 17.2 Å². The highest BCUT2D eigenvalue weighted by Gasteiger charge is 2.27. The third-order valence-electron chi connectivity index (χ3n) is 5.27. The van der Waals surface area contributed by atoms with Crippen LogP contribution in [0.5, 0.6) is 0 Å². The third kappa shape index (κ3) is 4.36. The molecule has 3 aromatic heterocycles. The van der Waals surface area contributed by atoms with E-state index in [1.54, 1.807) is 18.6 Å². The zero-order valence-electron chi connectivity index (χ0n) is 16.7. The average molecular weight is 433 g/mol. The smallest absolute Gasteiger partial charge is 0.273 e. The Morgan fingerprint density at radius 3 is 2.94 bits per heavy atom. The first-order valence-corrected chi connectivity index (χ1v) is 11.0. The Morgan fingerprint density at radius 1 is 1.19 bits per heavy atom. The number of rotatable bonds is 5. The van der Waals surface area contributed by atoms with Crippen molar-refractivity contribution in [3.63, 3.8) is 0 Å². The molecule has 156 valence electrons. The molecule has 4 heterocycles. The maximum Gasteiger partial charge on any atom is 0.273 e. The van der Waals surface area contributed by atoms with Gasteiger partial charge >= 0.3 is 0 Å². The fraction of sp³-hybridized carbons (Fsp3) is 0.273. The first-order valence-electron chi connectivity index (χ1n) is 10.2. The molecule has 0 saturated carbocycles. The fourth-order valence-electron chi connectivity index (χ4n) is 3.77. The van der Waals surface area contributed by atoms with E-state index in [0.29, 0.717) is 36.1 Å². The van der Waals surface area contributed by atoms with E-state index in [0.717, 1.165) is 30.0 Å². The number of likely N-dealkylation sites (tertiary alicyclic amines) is 1. The highest BCUT2D eigenvalue weighted by Crippen LogP contribution is 2.26. The molecule has 5 rings (SSSR count). The molecule has 8 nitrogen and oxygen atoms in total. The van der Waals surface area contributed by atoms with E-state index < -0.39 is 0 Å². The molecule has 0 N–H and O–H groups in total. The van der Waals surface area contributed by atoms with Crippen molar-refractivity contribution in [1.82, 2.24) is 30.0 Å². The largest absolute Gasteiger partial charge is 0.339 e. The van der Waals surface area contributed by atoms with Crippen LogP contribution in [0.3, 0.4) is 0 Å². The lowest BCUT2D eigenvalue weighted by Gasteiger charge is -2.31. The second-order valence-electron chi connectivity index (χ2n) is 7.47. The van der Waals surface area contributed by atoms with Gasteiger partial charge in [0.15, 0.2) is 0 Å². The van der Waals surface area contributed by atoms with Gasteiger partial charge in [-0.25, -0.2) is 9.97 Å². The van der Waals surface area contributed by atoms with E-state index in [9.17, 15) is 4.79 Å². The van der Waals surface area contributed by atoms with Crippen LogP contribution in [0.4, 0.5) is 0 Å². The van der Waals surface area contributed by atoms with Crippen molar-refractivity contribution in [2.45, 2.75) is 19.3 Å². The van der Waals surface area contributed by atoms with Gasteiger partial charge in [0.05, 0.1) is 6.20 Å². The van der Waals surface area contributed by atoms with Gasteiger partial charge in [0.25, 0.3) is 5.91 Å². The van der Waals surface area contributed by atoms with Crippen molar-refractivity contribution in [3.8, 4) is 22.1 Å². The Bertz CT molecular complexity index is 1160. The van der Waals surface area contributed by atoms with E-state index in [-0.39, 0.29) is 11.8 Å². The number of nitrogens with zero attached hydrogens (tertiary/aromatic N) is 6. The number of hydrogen-bond acceptors (Lipinski definition) is 8. The second-order valence-corrected chi connectivity index (χ2v) is 8.33. The molecule has 0 spiro atoms. The molecule has 0 radical (unpaired) electrons. The summed E-state index contributed by atoms with van der Waals surface area (Å²) in [5, 5.41) is 6.72. The van der Waals surface area contributed by atoms with Gasteiger partial charge in [0.2, 0.25) is 11.7 Å². The van der Waals surface area contributed by atoms with Crippen LogP contribution in [0.15, 0.2) is 58.8 Å². The minimum Gasteiger partial charge on any atom is -0.339 e. The number of hydrogen-bond donors (Lipinski definition) is 0. The van der Waals surface area contributed by atoms with Crippen molar-refractivity contribution in [2.24, 2.45) is 5.92 Å². The Kier molecular flexibility index (Phi) is 5.49. The Balaban J connectivity index is 1.24. The van der Waals surface area contributed by atoms with Gasteiger partial charge in [-0.2, -0.15) is 4.98 Å². The predicted octanol–water partition coefficient (Wildman–Crippen LogP) is 3.75. The van der Waals surface area contributed by atoms with Gasteiger partial charge in [0.1, 0.15) is 16.4 Å². The molecular formula is C22H20N6O2S. The Hall–Kier alpha value is -3.46. The summed E-state index contributed by atoms with van der Waals surface area (Å²) < 4.78 is 5.41. The van der Waals surface area contributed by atoms with Crippen molar-refractivity contribution in [3.05, 3.63) is 65.9 Å². The monoisotopic (exact) mass is 432 g/mol. The van der Waals surface area contributed by atoms with Gasteiger partial charge in [-0.15, -0.1) is 11.3 Å². The maximum atomic E-state index is 13.0. The Labute approximate surface area is 183 Å². The number of piperidine rings is 1. The summed E-state index contributed by atoms with van der Waals surface area (Å²) in [6, 6.07) is 9.92. The van der Waals surface area contributed by atoms with Crippen LogP contribution in [0.25, 0.3) is 22.1 Å². The topological polar surface area (TPSA) is 97.9 Å². The lowest BCUT2D eigenvalue weighted by Crippen LogP contribution is -2.40. The molecule has 1 atom stereocenters. The van der Waals surface area contributed by atoms with E-state index in [2.05, 4.69) is 25.1 Å². The molecule has 1 aliphatic rings. The van der Waals surface area contributed by atoms with Gasteiger partial charge in [-0.1, -0.05) is 35.5 Å². The van der Waals surface area contributed by atoms with Crippen LogP contribution in [0, 0.1) is 5.92 Å². The van der Waals surface area contributed by atoms with E-state index in [1.165, 1.54) is 11.3 Å². The molecule has 1 aliphatic heterocycles. The zero-order valence-corrected chi connectivity index (χ0v) is 17.5. The summed E-state index contributed by atoms with van der Waals surface area (Å²) in [5.74, 6) is 1.23. The lowest BCUT2D eigenvalue weighted by atomic mass is 9.94. The number of benzene rings is 1. The summed E-state index contributed by atoms with van der Waals surface area (Å²) in [5.41, 5.74) is 2.11. The molecule has 0 bridgehead atoms. The minimum absolute atomic E-state index is 0.0195. The van der Waals surface area contributed by atoms with Crippen LogP contribution in [-0.2, 0) is 6.42 Å². The van der Waals surface area contributed by atoms with Gasteiger partial charge in [-0.05, 0) is 18.8 Å². The minimum atomic E-state index is -0.0195.